The Labute approximate surface area is 160 Å². The molecule has 144 valence electrons. The quantitative estimate of drug-likeness (QED) is 0.711. The Morgan fingerprint density at radius 1 is 1.04 bits per heavy atom. The van der Waals surface area contributed by atoms with Gasteiger partial charge >= 0.3 is 6.01 Å². The van der Waals surface area contributed by atoms with Crippen molar-refractivity contribution < 1.29 is 23.5 Å². The highest BCUT2D eigenvalue weighted by Crippen LogP contribution is 2.27. The summed E-state index contributed by atoms with van der Waals surface area (Å²) < 4.78 is 10.2. The zero-order chi connectivity index (χ0) is 19.5. The zero-order valence-electron chi connectivity index (χ0n) is 14.9. The minimum Gasteiger partial charge on any atom is -0.506 e. The number of benzene rings is 1. The van der Waals surface area contributed by atoms with Crippen LogP contribution >= 0.6 is 0 Å². The molecular weight excluding hydrogens is 364 g/mol. The highest BCUT2D eigenvalue weighted by Gasteiger charge is 2.26. The van der Waals surface area contributed by atoms with Crippen LogP contribution in [0.2, 0.25) is 0 Å². The van der Waals surface area contributed by atoms with Gasteiger partial charge in [0.2, 0.25) is 0 Å². The summed E-state index contributed by atoms with van der Waals surface area (Å²) in [6.07, 6.45) is 2.60. The number of phenols is 1. The van der Waals surface area contributed by atoms with Gasteiger partial charge in [-0.25, -0.2) is 0 Å². The zero-order valence-corrected chi connectivity index (χ0v) is 14.9. The molecule has 1 saturated heterocycles. The highest BCUT2D eigenvalue weighted by molar-refractivity contribution is 6.01. The fourth-order valence-electron chi connectivity index (χ4n) is 3.04. The lowest BCUT2D eigenvalue weighted by molar-refractivity contribution is 0.0740. The minimum absolute atomic E-state index is 0.0717. The number of nitrogens with one attached hydrogen (secondary N) is 1. The maximum absolute atomic E-state index is 12.6. The second-order valence-corrected chi connectivity index (χ2v) is 6.24. The van der Waals surface area contributed by atoms with Crippen molar-refractivity contribution in [2.75, 3.05) is 36.4 Å². The van der Waals surface area contributed by atoms with Crippen molar-refractivity contribution >= 4 is 23.5 Å². The Morgan fingerprint density at radius 2 is 1.82 bits per heavy atom. The first-order valence-corrected chi connectivity index (χ1v) is 8.74. The van der Waals surface area contributed by atoms with Gasteiger partial charge in [0.1, 0.15) is 12.0 Å². The summed E-state index contributed by atoms with van der Waals surface area (Å²) in [6.45, 7) is 2.13. The summed E-state index contributed by atoms with van der Waals surface area (Å²) in [5.41, 5.74) is 0.865. The molecule has 0 aliphatic carbocycles. The standard InChI is InChI=1S/C19H18N4O5/c24-15-5-2-1-4-14(15)22-7-9-23(10-8-22)18(26)13-12-28-19(20-13)21-17(25)16-6-3-11-27-16/h1-6,11-12,24H,7-10H2,(H,20,21,25). The van der Waals surface area contributed by atoms with E-state index in [9.17, 15) is 14.7 Å². The summed E-state index contributed by atoms with van der Waals surface area (Å²) >= 11 is 0. The molecule has 1 fully saturated rings. The summed E-state index contributed by atoms with van der Waals surface area (Å²) in [5.74, 6) is -0.455. The lowest BCUT2D eigenvalue weighted by atomic mass is 10.2. The van der Waals surface area contributed by atoms with Crippen molar-refractivity contribution in [3.8, 4) is 5.75 Å². The number of aromatic nitrogens is 1. The third kappa shape index (κ3) is 3.54. The molecule has 0 bridgehead atoms. The molecule has 2 amide bonds. The fraction of sp³-hybridized carbons (Fsp3) is 0.211. The Morgan fingerprint density at radius 3 is 2.54 bits per heavy atom. The molecule has 0 spiro atoms. The van der Waals surface area contributed by atoms with Gasteiger partial charge in [0, 0.05) is 26.2 Å². The topological polar surface area (TPSA) is 112 Å². The predicted octanol–water partition coefficient (Wildman–Crippen LogP) is 2.19. The first-order valence-electron chi connectivity index (χ1n) is 8.74. The molecule has 0 atom stereocenters. The molecule has 0 radical (unpaired) electrons. The van der Waals surface area contributed by atoms with E-state index < -0.39 is 5.91 Å². The molecule has 3 heterocycles. The van der Waals surface area contributed by atoms with Crippen molar-refractivity contribution in [2.45, 2.75) is 0 Å². The summed E-state index contributed by atoms with van der Waals surface area (Å²) in [6, 6.07) is 10.1. The van der Waals surface area contributed by atoms with Gasteiger partial charge in [0.15, 0.2) is 11.5 Å². The molecule has 0 unspecified atom stereocenters. The monoisotopic (exact) mass is 382 g/mol. The number of rotatable bonds is 4. The van der Waals surface area contributed by atoms with Crippen LogP contribution in [0.15, 0.2) is 57.8 Å². The van der Waals surface area contributed by atoms with E-state index in [1.165, 1.54) is 18.6 Å². The smallest absolute Gasteiger partial charge is 0.302 e. The van der Waals surface area contributed by atoms with E-state index in [1.807, 2.05) is 17.0 Å². The van der Waals surface area contributed by atoms with Crippen molar-refractivity contribution in [3.63, 3.8) is 0 Å². The van der Waals surface area contributed by atoms with E-state index in [2.05, 4.69) is 10.3 Å². The number of oxazole rings is 1. The Bertz CT molecular complexity index is 974. The van der Waals surface area contributed by atoms with Crippen LogP contribution in [-0.4, -0.2) is 53.0 Å². The molecular formula is C19H18N4O5. The molecule has 2 aromatic heterocycles. The Balaban J connectivity index is 1.36. The number of phenolic OH excluding ortho intramolecular Hbond substituents is 1. The van der Waals surface area contributed by atoms with Gasteiger partial charge in [0.05, 0.1) is 12.0 Å². The van der Waals surface area contributed by atoms with E-state index >= 15 is 0 Å². The van der Waals surface area contributed by atoms with E-state index in [4.69, 9.17) is 8.83 Å². The number of aromatic hydroxyl groups is 1. The molecule has 1 aliphatic rings. The second kappa shape index (κ2) is 7.47. The number of furan rings is 1. The van der Waals surface area contributed by atoms with E-state index in [-0.39, 0.29) is 29.1 Å². The number of nitrogens with zero attached hydrogens (tertiary/aromatic N) is 3. The number of carbonyl (C=O) groups is 2. The lowest BCUT2D eigenvalue weighted by Gasteiger charge is -2.35. The number of amides is 2. The number of hydrogen-bond acceptors (Lipinski definition) is 7. The predicted molar refractivity (Wildman–Crippen MR) is 99.4 cm³/mol. The van der Waals surface area contributed by atoms with Gasteiger partial charge < -0.3 is 23.7 Å². The number of carbonyl (C=O) groups excluding carboxylic acids is 2. The van der Waals surface area contributed by atoms with Crippen LogP contribution in [0.1, 0.15) is 21.0 Å². The molecule has 1 aromatic carbocycles. The van der Waals surface area contributed by atoms with Crippen LogP contribution in [0.3, 0.4) is 0 Å². The average Bonchev–Trinajstić information content (AvgIpc) is 3.40. The molecule has 9 nitrogen and oxygen atoms in total. The largest absolute Gasteiger partial charge is 0.506 e. The van der Waals surface area contributed by atoms with Crippen LogP contribution in [0.4, 0.5) is 11.7 Å². The third-order valence-electron chi connectivity index (χ3n) is 4.48. The van der Waals surface area contributed by atoms with Crippen molar-refractivity contribution in [3.05, 3.63) is 60.4 Å². The van der Waals surface area contributed by atoms with Crippen molar-refractivity contribution in [1.29, 1.82) is 0 Å². The molecule has 3 aromatic rings. The average molecular weight is 382 g/mol. The summed E-state index contributed by atoms with van der Waals surface area (Å²) in [5, 5.41) is 12.4. The molecule has 2 N–H and O–H groups in total. The van der Waals surface area contributed by atoms with Crippen LogP contribution in [0.25, 0.3) is 0 Å². The molecule has 9 heteroatoms. The Kier molecular flexibility index (Phi) is 4.71. The third-order valence-corrected chi connectivity index (χ3v) is 4.48. The normalized spacial score (nSPS) is 14.1. The number of para-hydroxylation sites is 2. The summed E-state index contributed by atoms with van der Waals surface area (Å²) in [4.78, 5) is 32.3. The number of anilines is 2. The van der Waals surface area contributed by atoms with E-state index in [0.29, 0.717) is 26.2 Å². The van der Waals surface area contributed by atoms with Gasteiger partial charge in [0.25, 0.3) is 11.8 Å². The number of piperazine rings is 1. The molecule has 1 aliphatic heterocycles. The van der Waals surface area contributed by atoms with Gasteiger partial charge in [-0.05, 0) is 24.3 Å². The van der Waals surface area contributed by atoms with Crippen molar-refractivity contribution in [2.24, 2.45) is 0 Å². The SMILES string of the molecule is O=C(Nc1nc(C(=O)N2CCN(c3ccccc3O)CC2)co1)c1ccco1. The van der Waals surface area contributed by atoms with Gasteiger partial charge in [-0.1, -0.05) is 12.1 Å². The summed E-state index contributed by atoms with van der Waals surface area (Å²) in [7, 11) is 0. The fourth-order valence-corrected chi connectivity index (χ4v) is 3.04. The van der Waals surface area contributed by atoms with Gasteiger partial charge in [-0.15, -0.1) is 0 Å². The maximum atomic E-state index is 12.6. The van der Waals surface area contributed by atoms with Crippen LogP contribution in [0, 0.1) is 0 Å². The van der Waals surface area contributed by atoms with Crippen LogP contribution < -0.4 is 10.2 Å². The van der Waals surface area contributed by atoms with Crippen molar-refractivity contribution in [1.82, 2.24) is 9.88 Å². The highest BCUT2D eigenvalue weighted by atomic mass is 16.4. The second-order valence-electron chi connectivity index (χ2n) is 6.24. The first kappa shape index (κ1) is 17.7. The first-order chi connectivity index (χ1) is 13.6. The Hall–Kier alpha value is -3.75. The molecule has 4 rings (SSSR count). The van der Waals surface area contributed by atoms with Gasteiger partial charge in [-0.2, -0.15) is 4.98 Å². The molecule has 0 saturated carbocycles. The number of hydrogen-bond donors (Lipinski definition) is 2. The van der Waals surface area contributed by atoms with Gasteiger partial charge in [-0.3, -0.25) is 14.9 Å². The minimum atomic E-state index is -0.512. The lowest BCUT2D eigenvalue weighted by Crippen LogP contribution is -2.48. The van der Waals surface area contributed by atoms with E-state index in [1.54, 1.807) is 23.1 Å². The van der Waals surface area contributed by atoms with E-state index in [0.717, 1.165) is 5.69 Å². The van der Waals surface area contributed by atoms with Crippen LogP contribution in [-0.2, 0) is 0 Å². The molecule has 28 heavy (non-hydrogen) atoms. The maximum Gasteiger partial charge on any atom is 0.302 e. The van der Waals surface area contributed by atoms with Crippen LogP contribution in [0.5, 0.6) is 5.75 Å².